The molecule has 3 aromatic heterocycles. The van der Waals surface area contributed by atoms with E-state index in [1.54, 1.807) is 18.6 Å². The monoisotopic (exact) mass is 460 g/mol. The number of sulfonamides is 1. The van der Waals surface area contributed by atoms with Crippen LogP contribution in [0.4, 0.5) is 0 Å². The molecule has 0 saturated carbocycles. The van der Waals surface area contributed by atoms with Gasteiger partial charge >= 0.3 is 0 Å². The molecule has 1 atom stereocenters. The number of hydrogen-bond donors (Lipinski definition) is 1. The third kappa shape index (κ3) is 3.71. The standard InChI is InChI=1S/C25H24N4O3S/c1-3-33(30,31)29-15-12-25(29,2)17-32-21-16-26-14-11-19(21)23-22(18-8-5-4-6-9-18)24-20(28-23)10-7-13-27-24/h3-11,13-14,16,28H,1,12,15,17H2,2H3. The Morgan fingerprint density at radius 3 is 2.73 bits per heavy atom. The maximum Gasteiger partial charge on any atom is 0.236 e. The minimum absolute atomic E-state index is 0.206. The summed E-state index contributed by atoms with van der Waals surface area (Å²) in [5, 5.41) is 0.990. The number of hydrogen-bond acceptors (Lipinski definition) is 5. The van der Waals surface area contributed by atoms with Crippen LogP contribution in [-0.4, -0.2) is 46.4 Å². The van der Waals surface area contributed by atoms with E-state index in [1.165, 1.54) is 4.31 Å². The van der Waals surface area contributed by atoms with E-state index in [0.29, 0.717) is 18.7 Å². The molecule has 0 bridgehead atoms. The Hall–Kier alpha value is -3.49. The second-order valence-electron chi connectivity index (χ2n) is 8.33. The van der Waals surface area contributed by atoms with Crippen LogP contribution in [0.1, 0.15) is 13.3 Å². The van der Waals surface area contributed by atoms with E-state index in [-0.39, 0.29) is 6.61 Å². The van der Waals surface area contributed by atoms with Gasteiger partial charge in [0.2, 0.25) is 10.0 Å². The Morgan fingerprint density at radius 2 is 2.00 bits per heavy atom. The third-order valence-corrected chi connectivity index (χ3v) is 7.84. The molecule has 1 fully saturated rings. The molecule has 0 amide bonds. The van der Waals surface area contributed by atoms with E-state index in [0.717, 1.165) is 38.8 Å². The Balaban J connectivity index is 1.55. The molecule has 0 aliphatic carbocycles. The van der Waals surface area contributed by atoms with Crippen molar-refractivity contribution in [3.05, 3.63) is 79.1 Å². The largest absolute Gasteiger partial charge is 0.489 e. The first-order valence-corrected chi connectivity index (χ1v) is 12.2. The van der Waals surface area contributed by atoms with Crippen LogP contribution >= 0.6 is 0 Å². The summed E-state index contributed by atoms with van der Waals surface area (Å²) in [6.45, 7) is 5.99. The number of H-pyrrole nitrogens is 1. The van der Waals surface area contributed by atoms with Gasteiger partial charge in [0.25, 0.3) is 0 Å². The van der Waals surface area contributed by atoms with Crippen LogP contribution in [-0.2, 0) is 10.0 Å². The maximum absolute atomic E-state index is 12.3. The van der Waals surface area contributed by atoms with Gasteiger partial charge in [0.1, 0.15) is 12.4 Å². The molecule has 8 heteroatoms. The normalized spacial score (nSPS) is 18.7. The zero-order valence-electron chi connectivity index (χ0n) is 18.2. The number of benzene rings is 1. The highest BCUT2D eigenvalue weighted by Crippen LogP contribution is 2.41. The summed E-state index contributed by atoms with van der Waals surface area (Å²) in [4.78, 5) is 12.4. The van der Waals surface area contributed by atoms with Crippen molar-refractivity contribution in [2.75, 3.05) is 13.2 Å². The number of nitrogens with one attached hydrogen (secondary N) is 1. The fourth-order valence-corrected chi connectivity index (χ4v) is 5.58. The predicted molar refractivity (Wildman–Crippen MR) is 129 cm³/mol. The van der Waals surface area contributed by atoms with Crippen molar-refractivity contribution in [1.29, 1.82) is 0 Å². The molecule has 4 heterocycles. The minimum Gasteiger partial charge on any atom is -0.489 e. The number of ether oxygens (including phenoxy) is 1. The van der Waals surface area contributed by atoms with Crippen LogP contribution in [0.5, 0.6) is 5.75 Å². The fourth-order valence-electron chi connectivity index (χ4n) is 4.30. The molecular weight excluding hydrogens is 436 g/mol. The lowest BCUT2D eigenvalue weighted by Gasteiger charge is -2.48. The number of pyridine rings is 2. The molecule has 5 rings (SSSR count). The van der Waals surface area contributed by atoms with Gasteiger partial charge in [0, 0.05) is 35.5 Å². The van der Waals surface area contributed by atoms with E-state index in [1.807, 2.05) is 43.3 Å². The highest BCUT2D eigenvalue weighted by molar-refractivity contribution is 7.92. The summed E-state index contributed by atoms with van der Waals surface area (Å²) < 4.78 is 32.3. The smallest absolute Gasteiger partial charge is 0.236 e. The van der Waals surface area contributed by atoms with Crippen molar-refractivity contribution in [3.8, 4) is 28.1 Å². The zero-order chi connectivity index (χ0) is 23.1. The van der Waals surface area contributed by atoms with Crippen molar-refractivity contribution < 1.29 is 13.2 Å². The first-order chi connectivity index (χ1) is 15.9. The third-order valence-electron chi connectivity index (χ3n) is 6.18. The molecule has 0 spiro atoms. The van der Waals surface area contributed by atoms with Crippen molar-refractivity contribution in [2.45, 2.75) is 18.9 Å². The molecule has 1 aliphatic heterocycles. The summed E-state index contributed by atoms with van der Waals surface area (Å²) in [6, 6.07) is 15.9. The molecule has 1 aromatic carbocycles. The average molecular weight is 461 g/mol. The second kappa shape index (κ2) is 8.13. The summed E-state index contributed by atoms with van der Waals surface area (Å²) in [7, 11) is -3.51. The van der Waals surface area contributed by atoms with Crippen molar-refractivity contribution >= 4 is 21.1 Å². The van der Waals surface area contributed by atoms with Gasteiger partial charge in [-0.25, -0.2) is 8.42 Å². The highest BCUT2D eigenvalue weighted by Gasteiger charge is 2.47. The summed E-state index contributed by atoms with van der Waals surface area (Å²) in [5.74, 6) is 0.574. The summed E-state index contributed by atoms with van der Waals surface area (Å²) in [5.41, 5.74) is 4.88. The van der Waals surface area contributed by atoms with Crippen LogP contribution in [0.3, 0.4) is 0 Å². The first kappa shape index (κ1) is 21.4. The SMILES string of the molecule is C=CS(=O)(=O)N1CCC1(C)COc1cnccc1-c1[nH]c2cccnc2c1-c1ccccc1. The van der Waals surface area contributed by atoms with Crippen molar-refractivity contribution in [1.82, 2.24) is 19.3 Å². The van der Waals surface area contributed by atoms with E-state index in [2.05, 4.69) is 33.7 Å². The lowest BCUT2D eigenvalue weighted by Crippen LogP contribution is -2.62. The van der Waals surface area contributed by atoms with E-state index in [9.17, 15) is 8.42 Å². The Kier molecular flexibility index (Phi) is 5.26. The van der Waals surface area contributed by atoms with Crippen molar-refractivity contribution in [2.24, 2.45) is 0 Å². The average Bonchev–Trinajstić information content (AvgIpc) is 3.22. The maximum atomic E-state index is 12.3. The van der Waals surface area contributed by atoms with Crippen LogP contribution < -0.4 is 4.74 Å². The molecule has 1 unspecified atom stereocenters. The minimum atomic E-state index is -3.51. The molecule has 1 N–H and O–H groups in total. The van der Waals surface area contributed by atoms with Crippen molar-refractivity contribution in [3.63, 3.8) is 0 Å². The van der Waals surface area contributed by atoms with Gasteiger partial charge in [-0.1, -0.05) is 36.9 Å². The highest BCUT2D eigenvalue weighted by atomic mass is 32.2. The predicted octanol–water partition coefficient (Wildman–Crippen LogP) is 4.61. The number of nitrogens with zero attached hydrogens (tertiary/aromatic N) is 3. The molecule has 33 heavy (non-hydrogen) atoms. The topological polar surface area (TPSA) is 88.2 Å². The number of rotatable bonds is 7. The van der Waals surface area contributed by atoms with Gasteiger partial charge in [-0.15, -0.1) is 0 Å². The van der Waals surface area contributed by atoms with Gasteiger partial charge in [-0.05, 0) is 37.1 Å². The lowest BCUT2D eigenvalue weighted by atomic mass is 9.91. The summed E-state index contributed by atoms with van der Waals surface area (Å²) >= 11 is 0. The van der Waals surface area contributed by atoms with Gasteiger partial charge < -0.3 is 9.72 Å². The zero-order valence-corrected chi connectivity index (χ0v) is 19.0. The van der Waals surface area contributed by atoms with E-state index >= 15 is 0 Å². The second-order valence-corrected chi connectivity index (χ2v) is 10.1. The molecule has 168 valence electrons. The van der Waals surface area contributed by atoms with Gasteiger partial charge in [-0.3, -0.25) is 9.97 Å². The Labute approximate surface area is 192 Å². The van der Waals surface area contributed by atoms with Crippen LogP contribution in [0.2, 0.25) is 0 Å². The molecule has 4 aromatic rings. The molecular formula is C25H24N4O3S. The van der Waals surface area contributed by atoms with Crippen LogP contribution in [0.15, 0.2) is 79.1 Å². The quantitative estimate of drug-likeness (QED) is 0.435. The molecule has 1 aliphatic rings. The molecule has 1 saturated heterocycles. The van der Waals surface area contributed by atoms with Crippen LogP contribution in [0, 0.1) is 0 Å². The van der Waals surface area contributed by atoms with Gasteiger partial charge in [0.15, 0.2) is 0 Å². The number of fused-ring (bicyclic) bond motifs is 1. The Bertz CT molecular complexity index is 1430. The molecule has 0 radical (unpaired) electrons. The fraction of sp³-hybridized carbons (Fsp3) is 0.200. The van der Waals surface area contributed by atoms with Gasteiger partial charge in [-0.2, -0.15) is 4.31 Å². The number of aromatic amines is 1. The van der Waals surface area contributed by atoms with E-state index < -0.39 is 15.6 Å². The summed E-state index contributed by atoms with van der Waals surface area (Å²) in [6.07, 6.45) is 5.87. The first-order valence-electron chi connectivity index (χ1n) is 10.7. The van der Waals surface area contributed by atoms with Gasteiger partial charge in [0.05, 0.1) is 28.5 Å². The lowest BCUT2D eigenvalue weighted by molar-refractivity contribution is 0.0394. The molecule has 7 nitrogen and oxygen atoms in total. The Morgan fingerprint density at radius 1 is 1.18 bits per heavy atom. The van der Waals surface area contributed by atoms with E-state index in [4.69, 9.17) is 4.74 Å². The van der Waals surface area contributed by atoms with Crippen LogP contribution in [0.25, 0.3) is 33.4 Å². The number of aromatic nitrogens is 3.